The van der Waals surface area contributed by atoms with Gasteiger partial charge in [0.05, 0.1) is 12.1 Å². The fourth-order valence-corrected chi connectivity index (χ4v) is 5.05. The Kier molecular flexibility index (Phi) is 9.45. The topological polar surface area (TPSA) is 91.0 Å². The normalized spacial score (nSPS) is 20.2. The molecule has 3 amide bonds. The van der Waals surface area contributed by atoms with Gasteiger partial charge in [0.2, 0.25) is 5.91 Å². The molecule has 0 radical (unpaired) electrons. The zero-order chi connectivity index (χ0) is 27.8. The molecule has 2 aliphatic rings. The lowest BCUT2D eigenvalue weighted by Gasteiger charge is -2.27. The summed E-state index contributed by atoms with van der Waals surface area (Å²) in [5, 5.41) is 5.29. The molecular formula is C28H33F3N4O4. The average Bonchev–Trinajstić information content (AvgIpc) is 3.24. The molecule has 2 aliphatic heterocycles. The van der Waals surface area contributed by atoms with E-state index in [2.05, 4.69) is 15.5 Å². The first kappa shape index (κ1) is 28.4. The summed E-state index contributed by atoms with van der Waals surface area (Å²) in [6, 6.07) is 13.8. The SMILES string of the molecule is O=C(CNC(=O)c1cccc(C(F)(F)F)c1)N[C@@H]1CCN([C@@H]2CCCN(C(=O)OCc3ccccc3)CC2)C1. The quantitative estimate of drug-likeness (QED) is 0.551. The third-order valence-electron chi connectivity index (χ3n) is 7.12. The van der Waals surface area contributed by atoms with Crippen molar-refractivity contribution in [2.24, 2.45) is 0 Å². The number of ether oxygens (including phenoxy) is 1. The summed E-state index contributed by atoms with van der Waals surface area (Å²) >= 11 is 0. The van der Waals surface area contributed by atoms with E-state index in [9.17, 15) is 27.6 Å². The van der Waals surface area contributed by atoms with Crippen molar-refractivity contribution in [3.05, 3.63) is 71.3 Å². The summed E-state index contributed by atoms with van der Waals surface area (Å²) in [7, 11) is 0. The molecule has 0 aliphatic carbocycles. The Balaban J connectivity index is 1.17. The monoisotopic (exact) mass is 546 g/mol. The highest BCUT2D eigenvalue weighted by Gasteiger charge is 2.32. The van der Waals surface area contributed by atoms with E-state index in [-0.39, 0.29) is 30.9 Å². The van der Waals surface area contributed by atoms with Gasteiger partial charge in [-0.3, -0.25) is 14.5 Å². The number of nitrogens with zero attached hydrogens (tertiary/aromatic N) is 2. The third-order valence-corrected chi connectivity index (χ3v) is 7.12. The Bertz CT molecular complexity index is 1150. The molecular weight excluding hydrogens is 513 g/mol. The molecule has 210 valence electrons. The first-order valence-electron chi connectivity index (χ1n) is 13.1. The van der Waals surface area contributed by atoms with E-state index >= 15 is 0 Å². The molecule has 2 aromatic rings. The van der Waals surface area contributed by atoms with Gasteiger partial charge in [0.25, 0.3) is 5.91 Å². The summed E-state index contributed by atoms with van der Waals surface area (Å²) in [5.41, 5.74) is -0.133. The molecule has 2 atom stereocenters. The van der Waals surface area contributed by atoms with Crippen molar-refractivity contribution in [1.82, 2.24) is 20.4 Å². The zero-order valence-electron chi connectivity index (χ0n) is 21.6. The maximum Gasteiger partial charge on any atom is 0.416 e. The van der Waals surface area contributed by atoms with Gasteiger partial charge in [-0.2, -0.15) is 13.2 Å². The maximum atomic E-state index is 12.9. The van der Waals surface area contributed by atoms with Crippen LogP contribution < -0.4 is 10.6 Å². The van der Waals surface area contributed by atoms with Crippen molar-refractivity contribution in [3.63, 3.8) is 0 Å². The van der Waals surface area contributed by atoms with Crippen LogP contribution in [0.25, 0.3) is 0 Å². The third kappa shape index (κ3) is 8.19. The van der Waals surface area contributed by atoms with Crippen LogP contribution in [0.15, 0.2) is 54.6 Å². The largest absolute Gasteiger partial charge is 0.445 e. The van der Waals surface area contributed by atoms with Crippen molar-refractivity contribution >= 4 is 17.9 Å². The van der Waals surface area contributed by atoms with Gasteiger partial charge in [0.15, 0.2) is 0 Å². The molecule has 2 fully saturated rings. The molecule has 2 saturated heterocycles. The molecule has 8 nitrogen and oxygen atoms in total. The highest BCUT2D eigenvalue weighted by atomic mass is 19.4. The standard InChI is InChI=1S/C28H33F3N4O4/c29-28(30,31)22-9-4-8-21(16-22)26(37)32-17-25(36)33-23-11-14-35(18-23)24-10-5-13-34(15-12-24)27(38)39-19-20-6-2-1-3-7-20/h1-4,6-9,16,23-24H,5,10-15,17-19H2,(H,32,37)(H,33,36)/t23-,24-/m1/s1. The van der Waals surface area contributed by atoms with Crippen LogP contribution in [-0.2, 0) is 22.3 Å². The Morgan fingerprint density at radius 2 is 1.74 bits per heavy atom. The van der Waals surface area contributed by atoms with E-state index < -0.39 is 23.6 Å². The minimum absolute atomic E-state index is 0.0850. The molecule has 0 aromatic heterocycles. The summed E-state index contributed by atoms with van der Waals surface area (Å²) in [6.07, 6.45) is -1.49. The lowest BCUT2D eigenvalue weighted by Crippen LogP contribution is -2.44. The maximum absolute atomic E-state index is 12.9. The second-order valence-corrected chi connectivity index (χ2v) is 9.92. The predicted octanol–water partition coefficient (Wildman–Crippen LogP) is 3.82. The van der Waals surface area contributed by atoms with Crippen LogP contribution in [0, 0.1) is 0 Å². The van der Waals surface area contributed by atoms with Gasteiger partial charge in [0.1, 0.15) is 6.61 Å². The number of rotatable bonds is 7. The van der Waals surface area contributed by atoms with Crippen LogP contribution in [-0.4, -0.2) is 72.5 Å². The smallest absolute Gasteiger partial charge is 0.416 e. The second kappa shape index (κ2) is 13.0. The van der Waals surface area contributed by atoms with E-state index in [1.807, 2.05) is 30.3 Å². The number of carbonyl (C=O) groups excluding carboxylic acids is 3. The van der Waals surface area contributed by atoms with Gasteiger partial charge < -0.3 is 20.3 Å². The number of nitrogens with one attached hydrogen (secondary N) is 2. The van der Waals surface area contributed by atoms with Gasteiger partial charge >= 0.3 is 12.3 Å². The summed E-state index contributed by atoms with van der Waals surface area (Å²) < 4.78 is 44.1. The van der Waals surface area contributed by atoms with E-state index in [1.165, 1.54) is 6.07 Å². The van der Waals surface area contributed by atoms with E-state index in [0.717, 1.165) is 56.0 Å². The first-order chi connectivity index (χ1) is 18.7. The first-order valence-corrected chi connectivity index (χ1v) is 13.1. The Hall–Kier alpha value is -3.60. The van der Waals surface area contributed by atoms with Crippen molar-refractivity contribution in [1.29, 1.82) is 0 Å². The fraction of sp³-hybridized carbons (Fsp3) is 0.464. The number of benzene rings is 2. The second-order valence-electron chi connectivity index (χ2n) is 9.92. The Morgan fingerprint density at radius 3 is 2.51 bits per heavy atom. The average molecular weight is 547 g/mol. The van der Waals surface area contributed by atoms with Crippen LogP contribution in [0.5, 0.6) is 0 Å². The van der Waals surface area contributed by atoms with Crippen molar-refractivity contribution in [2.45, 2.75) is 50.6 Å². The minimum Gasteiger partial charge on any atom is -0.445 e. The van der Waals surface area contributed by atoms with Crippen LogP contribution in [0.2, 0.25) is 0 Å². The predicted molar refractivity (Wildman–Crippen MR) is 138 cm³/mol. The van der Waals surface area contributed by atoms with Gasteiger partial charge in [-0.1, -0.05) is 36.4 Å². The summed E-state index contributed by atoms with van der Waals surface area (Å²) in [5.74, 6) is -1.13. The van der Waals surface area contributed by atoms with Crippen molar-refractivity contribution < 1.29 is 32.3 Å². The van der Waals surface area contributed by atoms with Crippen LogP contribution in [0.4, 0.5) is 18.0 Å². The van der Waals surface area contributed by atoms with Crippen LogP contribution >= 0.6 is 0 Å². The number of carbonyl (C=O) groups is 3. The van der Waals surface area contributed by atoms with Crippen LogP contribution in [0.3, 0.4) is 0 Å². The molecule has 2 aromatic carbocycles. The zero-order valence-corrected chi connectivity index (χ0v) is 21.6. The van der Waals surface area contributed by atoms with Crippen molar-refractivity contribution in [2.75, 3.05) is 32.7 Å². The molecule has 0 saturated carbocycles. The number of hydrogen-bond donors (Lipinski definition) is 2. The fourth-order valence-electron chi connectivity index (χ4n) is 5.05. The molecule has 39 heavy (non-hydrogen) atoms. The number of likely N-dealkylation sites (tertiary alicyclic amines) is 2. The Labute approximate surface area is 225 Å². The van der Waals surface area contributed by atoms with Crippen molar-refractivity contribution in [3.8, 4) is 0 Å². The number of amides is 3. The number of alkyl halides is 3. The number of halogens is 3. The van der Waals surface area contributed by atoms with Gasteiger partial charge in [-0.25, -0.2) is 4.79 Å². The highest BCUT2D eigenvalue weighted by molar-refractivity contribution is 5.96. The Morgan fingerprint density at radius 1 is 0.949 bits per heavy atom. The molecule has 0 spiro atoms. The lowest BCUT2D eigenvalue weighted by atomic mass is 10.1. The lowest BCUT2D eigenvalue weighted by molar-refractivity contribution is -0.137. The van der Waals surface area contributed by atoms with Crippen LogP contribution in [0.1, 0.15) is 47.2 Å². The molecule has 2 N–H and O–H groups in total. The molecule has 2 heterocycles. The van der Waals surface area contributed by atoms with Gasteiger partial charge in [0, 0.05) is 43.8 Å². The molecule has 4 rings (SSSR count). The number of hydrogen-bond acceptors (Lipinski definition) is 5. The molecule has 11 heteroatoms. The van der Waals surface area contributed by atoms with Gasteiger partial charge in [-0.05, 0) is 49.4 Å². The molecule has 0 bridgehead atoms. The minimum atomic E-state index is -4.55. The highest BCUT2D eigenvalue weighted by Crippen LogP contribution is 2.29. The van der Waals surface area contributed by atoms with E-state index in [0.29, 0.717) is 25.7 Å². The van der Waals surface area contributed by atoms with Gasteiger partial charge in [-0.15, -0.1) is 0 Å². The summed E-state index contributed by atoms with van der Waals surface area (Å²) in [4.78, 5) is 41.3. The van der Waals surface area contributed by atoms with E-state index in [1.54, 1.807) is 4.90 Å². The summed E-state index contributed by atoms with van der Waals surface area (Å²) in [6.45, 7) is 2.64. The van der Waals surface area contributed by atoms with E-state index in [4.69, 9.17) is 4.74 Å². The molecule has 0 unspecified atom stereocenters.